The second-order valence-electron chi connectivity index (χ2n) is 18.6. The number of hydrogen-bond donors (Lipinski definition) is 5. The number of carbonyl (C=O) groups excluding carboxylic acids is 1. The van der Waals surface area contributed by atoms with Crippen LogP contribution in [0.25, 0.3) is 0 Å². The summed E-state index contributed by atoms with van der Waals surface area (Å²) in [5.74, 6) is -0.587. The minimum Gasteiger partial charge on any atom is -0.394 e. The van der Waals surface area contributed by atoms with Crippen molar-refractivity contribution in [3.8, 4) is 0 Å². The van der Waals surface area contributed by atoms with Crippen molar-refractivity contribution in [1.82, 2.24) is 5.32 Å². The highest BCUT2D eigenvalue weighted by atomic mass is 16.3. The molecule has 0 saturated carbocycles. The van der Waals surface area contributed by atoms with Gasteiger partial charge in [-0.2, -0.15) is 0 Å². The topological polar surface area (TPSA) is 110 Å². The van der Waals surface area contributed by atoms with Crippen LogP contribution in [0.4, 0.5) is 0 Å². The summed E-state index contributed by atoms with van der Waals surface area (Å²) in [6.45, 7) is 4.08. The fourth-order valence-electron chi connectivity index (χ4n) is 8.53. The molecule has 6 heteroatoms. The summed E-state index contributed by atoms with van der Waals surface area (Å²) in [5.41, 5.74) is 0. The van der Waals surface area contributed by atoms with Crippen LogP contribution in [0.15, 0.2) is 12.2 Å². The van der Waals surface area contributed by atoms with Gasteiger partial charge in [-0.3, -0.25) is 4.79 Å². The van der Waals surface area contributed by atoms with E-state index in [0.717, 1.165) is 38.5 Å². The standard InChI is InChI=1S/C53H105NO5/c1-3-5-7-9-11-13-15-17-19-21-23-25-26-27-29-30-32-34-36-38-40-42-44-46-50(56)52(58)49(48-55)54-53(59)51(57)47-45-43-41-39-37-35-33-31-28-24-22-20-18-16-14-12-10-8-6-4-2/h38,40,49-52,55-58H,3-37,39,41-48H2,1-2H3,(H,54,59)/b40-38+. The number of amides is 1. The number of aliphatic hydroxyl groups excluding tert-OH is 4. The normalized spacial score (nSPS) is 13.9. The fourth-order valence-corrected chi connectivity index (χ4v) is 8.53. The summed E-state index contributed by atoms with van der Waals surface area (Å²) < 4.78 is 0. The van der Waals surface area contributed by atoms with E-state index in [0.29, 0.717) is 12.8 Å². The van der Waals surface area contributed by atoms with E-state index >= 15 is 0 Å². The quantitative estimate of drug-likeness (QED) is 0.0310. The molecule has 0 heterocycles. The van der Waals surface area contributed by atoms with Crippen molar-refractivity contribution in [2.45, 2.75) is 314 Å². The first kappa shape index (κ1) is 58.0. The van der Waals surface area contributed by atoms with Gasteiger partial charge in [-0.1, -0.05) is 264 Å². The molecule has 352 valence electrons. The molecule has 0 bridgehead atoms. The van der Waals surface area contributed by atoms with Crippen molar-refractivity contribution in [1.29, 1.82) is 0 Å². The van der Waals surface area contributed by atoms with E-state index in [9.17, 15) is 25.2 Å². The molecule has 6 nitrogen and oxygen atoms in total. The molecule has 0 aliphatic carbocycles. The number of hydrogen-bond acceptors (Lipinski definition) is 5. The molecule has 0 saturated heterocycles. The van der Waals surface area contributed by atoms with Crippen LogP contribution in [0.2, 0.25) is 0 Å². The van der Waals surface area contributed by atoms with Gasteiger partial charge < -0.3 is 25.7 Å². The van der Waals surface area contributed by atoms with Crippen molar-refractivity contribution < 1.29 is 25.2 Å². The summed E-state index contributed by atoms with van der Waals surface area (Å²) in [6, 6.07) is -0.998. The Balaban J connectivity index is 3.66. The number of unbranched alkanes of at least 4 members (excludes halogenated alkanes) is 38. The highest BCUT2D eigenvalue weighted by molar-refractivity contribution is 5.80. The van der Waals surface area contributed by atoms with Crippen LogP contribution in [0, 0.1) is 0 Å². The van der Waals surface area contributed by atoms with Gasteiger partial charge in [0.15, 0.2) is 0 Å². The van der Waals surface area contributed by atoms with Gasteiger partial charge in [0.25, 0.3) is 0 Å². The van der Waals surface area contributed by atoms with E-state index in [1.807, 2.05) is 0 Å². The first-order valence-electron chi connectivity index (χ1n) is 26.6. The molecule has 0 fully saturated rings. The summed E-state index contributed by atoms with van der Waals surface area (Å²) in [5, 5.41) is 43.9. The Morgan fingerprint density at radius 2 is 0.695 bits per heavy atom. The zero-order valence-corrected chi connectivity index (χ0v) is 39.8. The van der Waals surface area contributed by atoms with E-state index in [2.05, 4.69) is 31.3 Å². The third-order valence-corrected chi connectivity index (χ3v) is 12.7. The maximum absolute atomic E-state index is 12.6. The van der Waals surface area contributed by atoms with Crippen molar-refractivity contribution in [2.24, 2.45) is 0 Å². The van der Waals surface area contributed by atoms with Crippen molar-refractivity contribution >= 4 is 5.91 Å². The second-order valence-corrected chi connectivity index (χ2v) is 18.6. The summed E-state index contributed by atoms with van der Waals surface area (Å²) in [7, 11) is 0. The first-order chi connectivity index (χ1) is 29.0. The minimum absolute atomic E-state index is 0.368. The van der Waals surface area contributed by atoms with Gasteiger partial charge in [0.2, 0.25) is 5.91 Å². The third kappa shape index (κ3) is 42.1. The van der Waals surface area contributed by atoms with Crippen LogP contribution >= 0.6 is 0 Å². The average molecular weight is 836 g/mol. The van der Waals surface area contributed by atoms with Crippen molar-refractivity contribution in [2.75, 3.05) is 6.61 Å². The number of carbonyl (C=O) groups is 1. The van der Waals surface area contributed by atoms with Crippen LogP contribution < -0.4 is 5.32 Å². The Kier molecular flexibility index (Phi) is 47.3. The van der Waals surface area contributed by atoms with E-state index in [4.69, 9.17) is 0 Å². The van der Waals surface area contributed by atoms with Gasteiger partial charge in [-0.15, -0.1) is 0 Å². The Morgan fingerprint density at radius 3 is 1.02 bits per heavy atom. The highest BCUT2D eigenvalue weighted by Gasteiger charge is 2.28. The molecule has 0 radical (unpaired) electrons. The Labute approximate surface area is 368 Å². The summed E-state index contributed by atoms with van der Waals surface area (Å²) >= 11 is 0. The van der Waals surface area contributed by atoms with Crippen LogP contribution in [0.3, 0.4) is 0 Å². The molecule has 5 N–H and O–H groups in total. The van der Waals surface area contributed by atoms with Crippen LogP contribution in [-0.4, -0.2) is 57.3 Å². The Bertz CT molecular complexity index is 852. The zero-order chi connectivity index (χ0) is 43.1. The minimum atomic E-state index is -1.28. The smallest absolute Gasteiger partial charge is 0.249 e. The lowest BCUT2D eigenvalue weighted by atomic mass is 10.00. The average Bonchev–Trinajstić information content (AvgIpc) is 3.24. The van der Waals surface area contributed by atoms with Gasteiger partial charge in [-0.25, -0.2) is 0 Å². The van der Waals surface area contributed by atoms with E-state index in [1.165, 1.54) is 225 Å². The molecule has 0 spiro atoms. The van der Waals surface area contributed by atoms with Gasteiger partial charge in [0.05, 0.1) is 18.8 Å². The maximum atomic E-state index is 12.6. The first-order valence-corrected chi connectivity index (χ1v) is 26.6. The SMILES string of the molecule is CCCCCCCCCCCCCCCCCCCC/C=C/CCCC(O)C(O)C(CO)NC(=O)C(O)CCCCCCCCCCCCCCCCCCCCCC. The zero-order valence-electron chi connectivity index (χ0n) is 39.8. The van der Waals surface area contributed by atoms with Gasteiger partial charge in [-0.05, 0) is 38.5 Å². The molecule has 0 aromatic rings. The van der Waals surface area contributed by atoms with E-state index in [1.54, 1.807) is 0 Å². The number of nitrogens with one attached hydrogen (secondary N) is 1. The number of rotatable bonds is 49. The van der Waals surface area contributed by atoms with Crippen LogP contribution in [-0.2, 0) is 4.79 Å². The lowest BCUT2D eigenvalue weighted by Crippen LogP contribution is -2.53. The number of aliphatic hydroxyl groups is 4. The lowest BCUT2D eigenvalue weighted by Gasteiger charge is -2.27. The molecule has 4 atom stereocenters. The number of allylic oxidation sites excluding steroid dienone is 2. The van der Waals surface area contributed by atoms with E-state index in [-0.39, 0.29) is 0 Å². The second kappa shape index (κ2) is 48.1. The molecular formula is C53H105NO5. The molecule has 59 heavy (non-hydrogen) atoms. The molecular weight excluding hydrogens is 731 g/mol. The molecule has 0 aliphatic heterocycles. The van der Waals surface area contributed by atoms with Crippen molar-refractivity contribution in [3.63, 3.8) is 0 Å². The Hall–Kier alpha value is -0.950. The van der Waals surface area contributed by atoms with Crippen LogP contribution in [0.5, 0.6) is 0 Å². The van der Waals surface area contributed by atoms with Gasteiger partial charge >= 0.3 is 0 Å². The Morgan fingerprint density at radius 1 is 0.407 bits per heavy atom. The molecule has 0 rings (SSSR count). The predicted octanol–water partition coefficient (Wildman–Crippen LogP) is 14.9. The lowest BCUT2D eigenvalue weighted by molar-refractivity contribution is -0.132. The molecule has 1 amide bonds. The summed E-state index contributed by atoms with van der Waals surface area (Å²) in [4.78, 5) is 12.6. The van der Waals surface area contributed by atoms with Gasteiger partial charge in [0.1, 0.15) is 12.2 Å². The molecule has 0 aliphatic rings. The van der Waals surface area contributed by atoms with Crippen LogP contribution in [0.1, 0.15) is 290 Å². The molecule has 0 aromatic heterocycles. The third-order valence-electron chi connectivity index (χ3n) is 12.7. The molecule has 4 unspecified atom stereocenters. The fraction of sp³-hybridized carbons (Fsp3) is 0.943. The maximum Gasteiger partial charge on any atom is 0.249 e. The van der Waals surface area contributed by atoms with Crippen molar-refractivity contribution in [3.05, 3.63) is 12.2 Å². The van der Waals surface area contributed by atoms with E-state index < -0.39 is 36.9 Å². The largest absolute Gasteiger partial charge is 0.394 e. The van der Waals surface area contributed by atoms with Gasteiger partial charge in [0, 0.05) is 0 Å². The highest BCUT2D eigenvalue weighted by Crippen LogP contribution is 2.18. The molecule has 0 aromatic carbocycles. The summed E-state index contributed by atoms with van der Waals surface area (Å²) in [6.07, 6.45) is 55.5. The monoisotopic (exact) mass is 836 g/mol. The predicted molar refractivity (Wildman–Crippen MR) is 256 cm³/mol.